The van der Waals surface area contributed by atoms with E-state index in [0.717, 1.165) is 11.1 Å². The largest absolute Gasteiger partial charge is 0.495 e. The molecule has 0 atom stereocenters. The number of carbonyl (C=O) groups excluding carboxylic acids is 1. The Morgan fingerprint density at radius 3 is 2.54 bits per heavy atom. The Morgan fingerprint density at radius 2 is 1.82 bits per heavy atom. The fraction of sp³-hybridized carbons (Fsp3) is 0.190. The standard InChI is InChI=1S/C21H21ClN4O2/c1-12-9-13(2)19(15(22)10-12)26-20(27)17-11-14(3)23-21(25-17)24-16-7-5-6-8-18(16)28-4/h5-11H,1-4H3,(H,26,27)(H,23,24,25). The van der Waals surface area contributed by atoms with Crippen LogP contribution in [-0.4, -0.2) is 23.0 Å². The minimum Gasteiger partial charge on any atom is -0.495 e. The summed E-state index contributed by atoms with van der Waals surface area (Å²) >= 11 is 6.30. The number of benzene rings is 2. The molecule has 0 aliphatic carbocycles. The van der Waals surface area contributed by atoms with E-state index in [1.807, 2.05) is 50.2 Å². The number of aryl methyl sites for hydroxylation is 3. The van der Waals surface area contributed by atoms with Crippen molar-refractivity contribution in [2.75, 3.05) is 17.7 Å². The van der Waals surface area contributed by atoms with Crippen molar-refractivity contribution in [3.05, 3.63) is 70.0 Å². The maximum atomic E-state index is 12.8. The molecule has 1 amide bonds. The average molecular weight is 397 g/mol. The first-order valence-corrected chi connectivity index (χ1v) is 9.09. The molecule has 2 aromatic carbocycles. The van der Waals surface area contributed by atoms with Crippen LogP contribution in [-0.2, 0) is 0 Å². The summed E-state index contributed by atoms with van der Waals surface area (Å²) in [6.07, 6.45) is 0. The first-order valence-electron chi connectivity index (χ1n) is 8.71. The van der Waals surface area contributed by atoms with Crippen molar-refractivity contribution in [3.8, 4) is 5.75 Å². The molecule has 3 rings (SSSR count). The highest BCUT2D eigenvalue weighted by Gasteiger charge is 2.15. The molecule has 0 saturated heterocycles. The van der Waals surface area contributed by atoms with E-state index in [2.05, 4.69) is 20.6 Å². The van der Waals surface area contributed by atoms with Gasteiger partial charge in [-0.1, -0.05) is 29.8 Å². The maximum Gasteiger partial charge on any atom is 0.274 e. The molecule has 1 heterocycles. The van der Waals surface area contributed by atoms with Crippen LogP contribution >= 0.6 is 11.6 Å². The first-order chi connectivity index (χ1) is 13.4. The molecule has 0 bridgehead atoms. The van der Waals surface area contributed by atoms with Crippen LogP contribution in [0.1, 0.15) is 27.3 Å². The average Bonchev–Trinajstić information content (AvgIpc) is 2.64. The number of rotatable bonds is 5. The predicted octanol–water partition coefficient (Wildman–Crippen LogP) is 5.06. The number of hydrogen-bond donors (Lipinski definition) is 2. The summed E-state index contributed by atoms with van der Waals surface area (Å²) in [5.74, 6) is 0.601. The number of nitrogens with zero attached hydrogens (tertiary/aromatic N) is 2. The van der Waals surface area contributed by atoms with Crippen LogP contribution in [0.4, 0.5) is 17.3 Å². The molecule has 6 nitrogen and oxygen atoms in total. The van der Waals surface area contributed by atoms with E-state index in [9.17, 15) is 4.79 Å². The number of anilines is 3. The summed E-state index contributed by atoms with van der Waals surface area (Å²) in [7, 11) is 1.59. The Labute approximate surface area is 168 Å². The molecule has 0 unspecified atom stereocenters. The van der Waals surface area contributed by atoms with Crippen LogP contribution in [0.15, 0.2) is 42.5 Å². The van der Waals surface area contributed by atoms with Crippen molar-refractivity contribution in [1.82, 2.24) is 9.97 Å². The second-order valence-corrected chi connectivity index (χ2v) is 6.84. The Bertz CT molecular complexity index is 1010. The van der Waals surface area contributed by atoms with Gasteiger partial charge >= 0.3 is 0 Å². The Hall–Kier alpha value is -3.12. The summed E-state index contributed by atoms with van der Waals surface area (Å²) in [6.45, 7) is 5.65. The molecule has 1 aromatic heterocycles. The Kier molecular flexibility index (Phi) is 5.80. The van der Waals surface area contributed by atoms with Crippen molar-refractivity contribution < 1.29 is 9.53 Å². The third-order valence-electron chi connectivity index (χ3n) is 4.11. The van der Waals surface area contributed by atoms with Crippen LogP contribution in [0.3, 0.4) is 0 Å². The van der Waals surface area contributed by atoms with Gasteiger partial charge in [-0.3, -0.25) is 4.79 Å². The van der Waals surface area contributed by atoms with Crippen LogP contribution in [0.5, 0.6) is 5.75 Å². The third kappa shape index (κ3) is 4.40. The van der Waals surface area contributed by atoms with Crippen molar-refractivity contribution in [3.63, 3.8) is 0 Å². The number of nitrogens with one attached hydrogen (secondary N) is 2. The van der Waals surface area contributed by atoms with Crippen molar-refractivity contribution in [2.45, 2.75) is 20.8 Å². The molecule has 2 N–H and O–H groups in total. The van der Waals surface area contributed by atoms with Crippen LogP contribution < -0.4 is 15.4 Å². The van der Waals surface area contributed by atoms with Crippen LogP contribution in [0.25, 0.3) is 0 Å². The van der Waals surface area contributed by atoms with Gasteiger partial charge in [0, 0.05) is 5.69 Å². The monoisotopic (exact) mass is 396 g/mol. The van der Waals surface area contributed by atoms with Gasteiger partial charge in [0.25, 0.3) is 5.91 Å². The van der Waals surface area contributed by atoms with E-state index in [1.54, 1.807) is 20.1 Å². The molecular formula is C21H21ClN4O2. The lowest BCUT2D eigenvalue weighted by molar-refractivity contribution is 0.102. The number of ether oxygens (including phenoxy) is 1. The minimum atomic E-state index is -0.359. The molecular weight excluding hydrogens is 376 g/mol. The fourth-order valence-electron chi connectivity index (χ4n) is 2.86. The molecule has 0 fully saturated rings. The Morgan fingerprint density at radius 1 is 1.07 bits per heavy atom. The number of amides is 1. The van der Waals surface area contributed by atoms with E-state index in [4.69, 9.17) is 16.3 Å². The number of halogens is 1. The zero-order valence-corrected chi connectivity index (χ0v) is 16.9. The summed E-state index contributed by atoms with van der Waals surface area (Å²) < 4.78 is 5.33. The molecule has 3 aromatic rings. The zero-order valence-electron chi connectivity index (χ0n) is 16.1. The molecule has 0 spiro atoms. The first kappa shape index (κ1) is 19.6. The lowest BCUT2D eigenvalue weighted by Gasteiger charge is -2.13. The van der Waals surface area contributed by atoms with Gasteiger partial charge < -0.3 is 15.4 Å². The summed E-state index contributed by atoms with van der Waals surface area (Å²) in [4.78, 5) is 21.5. The molecule has 0 aliphatic heterocycles. The third-order valence-corrected chi connectivity index (χ3v) is 4.41. The van der Waals surface area contributed by atoms with Gasteiger partial charge in [-0.15, -0.1) is 0 Å². The molecule has 0 aliphatic rings. The molecule has 28 heavy (non-hydrogen) atoms. The van der Waals surface area contributed by atoms with Gasteiger partial charge in [0.05, 0.1) is 23.5 Å². The highest BCUT2D eigenvalue weighted by molar-refractivity contribution is 6.34. The minimum absolute atomic E-state index is 0.237. The topological polar surface area (TPSA) is 76.1 Å². The lowest BCUT2D eigenvalue weighted by Crippen LogP contribution is -2.16. The molecule has 7 heteroatoms. The lowest BCUT2D eigenvalue weighted by atomic mass is 10.1. The summed E-state index contributed by atoms with van der Waals surface area (Å²) in [5.41, 5.74) is 4.09. The molecule has 144 valence electrons. The number of para-hydroxylation sites is 2. The summed E-state index contributed by atoms with van der Waals surface area (Å²) in [6, 6.07) is 12.8. The van der Waals surface area contributed by atoms with E-state index in [0.29, 0.717) is 33.8 Å². The number of carbonyl (C=O) groups is 1. The van der Waals surface area contributed by atoms with Crippen molar-refractivity contribution in [1.29, 1.82) is 0 Å². The number of aromatic nitrogens is 2. The van der Waals surface area contributed by atoms with E-state index < -0.39 is 0 Å². The SMILES string of the molecule is COc1ccccc1Nc1nc(C)cc(C(=O)Nc2c(C)cc(C)cc2Cl)n1. The number of methoxy groups -OCH3 is 1. The fourth-order valence-corrected chi connectivity index (χ4v) is 3.23. The highest BCUT2D eigenvalue weighted by atomic mass is 35.5. The van der Waals surface area contributed by atoms with E-state index >= 15 is 0 Å². The predicted molar refractivity (Wildman–Crippen MR) is 112 cm³/mol. The normalized spacial score (nSPS) is 10.5. The van der Waals surface area contributed by atoms with Crippen LogP contribution in [0.2, 0.25) is 5.02 Å². The van der Waals surface area contributed by atoms with E-state index in [1.165, 1.54) is 0 Å². The van der Waals surface area contributed by atoms with Gasteiger partial charge in [0.15, 0.2) is 0 Å². The van der Waals surface area contributed by atoms with Gasteiger partial charge in [-0.25, -0.2) is 9.97 Å². The van der Waals surface area contributed by atoms with Gasteiger partial charge in [-0.05, 0) is 56.2 Å². The second-order valence-electron chi connectivity index (χ2n) is 6.44. The molecule has 0 radical (unpaired) electrons. The van der Waals surface area contributed by atoms with Crippen molar-refractivity contribution in [2.24, 2.45) is 0 Å². The summed E-state index contributed by atoms with van der Waals surface area (Å²) in [5, 5.41) is 6.44. The van der Waals surface area contributed by atoms with E-state index in [-0.39, 0.29) is 11.6 Å². The number of hydrogen-bond acceptors (Lipinski definition) is 5. The zero-order chi connectivity index (χ0) is 20.3. The smallest absolute Gasteiger partial charge is 0.274 e. The van der Waals surface area contributed by atoms with Crippen LogP contribution in [0, 0.1) is 20.8 Å². The Balaban J connectivity index is 1.88. The quantitative estimate of drug-likeness (QED) is 0.630. The maximum absolute atomic E-state index is 12.8. The van der Waals surface area contributed by atoms with Gasteiger partial charge in [0.2, 0.25) is 5.95 Å². The second kappa shape index (κ2) is 8.27. The highest BCUT2D eigenvalue weighted by Crippen LogP contribution is 2.28. The van der Waals surface area contributed by atoms with Gasteiger partial charge in [0.1, 0.15) is 11.4 Å². The molecule has 0 saturated carbocycles. The van der Waals surface area contributed by atoms with Gasteiger partial charge in [-0.2, -0.15) is 0 Å². The van der Waals surface area contributed by atoms with Crippen molar-refractivity contribution >= 4 is 34.8 Å².